The second-order valence-electron chi connectivity index (χ2n) is 4.72. The van der Waals surface area contributed by atoms with Gasteiger partial charge in [-0.1, -0.05) is 24.3 Å². The molecule has 3 rings (SSSR count). The second-order valence-corrected chi connectivity index (χ2v) is 5.96. The molecule has 2 aromatic carbocycles. The SMILES string of the molecule is Ic1ccc(CN2CCCOc3ccccc32)cc1. The standard InChI is InChI=1S/C16H16INO/c17-14-8-6-13(7-9-14)12-18-10-3-11-19-16-5-2-1-4-15(16)18/h1-2,4-9H,3,10-12H2. The Bertz CT molecular complexity index is 553. The first-order chi connectivity index (χ1) is 9.33. The van der Waals surface area contributed by atoms with Crippen molar-refractivity contribution < 1.29 is 4.74 Å². The van der Waals surface area contributed by atoms with E-state index in [1.807, 2.05) is 6.07 Å². The summed E-state index contributed by atoms with van der Waals surface area (Å²) in [4.78, 5) is 2.41. The Morgan fingerprint density at radius 1 is 1.05 bits per heavy atom. The van der Waals surface area contributed by atoms with Crippen LogP contribution >= 0.6 is 22.6 Å². The fraction of sp³-hybridized carbons (Fsp3) is 0.250. The van der Waals surface area contributed by atoms with E-state index in [0.29, 0.717) is 0 Å². The monoisotopic (exact) mass is 365 g/mol. The fourth-order valence-electron chi connectivity index (χ4n) is 2.37. The summed E-state index contributed by atoms with van der Waals surface area (Å²) in [6.45, 7) is 2.79. The first-order valence-corrected chi connectivity index (χ1v) is 7.62. The third kappa shape index (κ3) is 3.03. The minimum absolute atomic E-state index is 0.806. The molecule has 2 nitrogen and oxygen atoms in total. The number of benzene rings is 2. The highest BCUT2D eigenvalue weighted by Gasteiger charge is 2.15. The number of hydrogen-bond donors (Lipinski definition) is 0. The highest BCUT2D eigenvalue weighted by molar-refractivity contribution is 14.1. The quantitative estimate of drug-likeness (QED) is 0.744. The van der Waals surface area contributed by atoms with Crippen molar-refractivity contribution in [3.63, 3.8) is 0 Å². The Hall–Kier alpha value is -1.23. The van der Waals surface area contributed by atoms with Gasteiger partial charge in [-0.15, -0.1) is 0 Å². The van der Waals surface area contributed by atoms with Crippen LogP contribution in [-0.4, -0.2) is 13.2 Å². The summed E-state index contributed by atoms with van der Waals surface area (Å²) in [6.07, 6.45) is 1.07. The van der Waals surface area contributed by atoms with Crippen LogP contribution < -0.4 is 9.64 Å². The molecular formula is C16H16INO. The minimum atomic E-state index is 0.806. The number of anilines is 1. The molecule has 0 unspecified atom stereocenters. The summed E-state index contributed by atoms with van der Waals surface area (Å²) in [7, 11) is 0. The van der Waals surface area contributed by atoms with Crippen molar-refractivity contribution in [3.8, 4) is 5.75 Å². The van der Waals surface area contributed by atoms with E-state index in [1.54, 1.807) is 0 Å². The molecule has 98 valence electrons. The van der Waals surface area contributed by atoms with Crippen molar-refractivity contribution in [3.05, 3.63) is 57.7 Å². The molecular weight excluding hydrogens is 349 g/mol. The van der Waals surface area contributed by atoms with Crippen LogP contribution in [0.1, 0.15) is 12.0 Å². The Morgan fingerprint density at radius 3 is 2.68 bits per heavy atom. The van der Waals surface area contributed by atoms with E-state index in [4.69, 9.17) is 4.74 Å². The van der Waals surface area contributed by atoms with Gasteiger partial charge in [0.1, 0.15) is 5.75 Å². The molecule has 1 aliphatic rings. The lowest BCUT2D eigenvalue weighted by molar-refractivity contribution is 0.322. The van der Waals surface area contributed by atoms with Gasteiger partial charge in [-0.05, 0) is 58.8 Å². The highest BCUT2D eigenvalue weighted by Crippen LogP contribution is 2.31. The van der Waals surface area contributed by atoms with Crippen LogP contribution in [0.4, 0.5) is 5.69 Å². The molecule has 0 radical (unpaired) electrons. The summed E-state index contributed by atoms with van der Waals surface area (Å²) in [5, 5.41) is 0. The van der Waals surface area contributed by atoms with Gasteiger partial charge < -0.3 is 9.64 Å². The summed E-state index contributed by atoms with van der Waals surface area (Å²) in [5.74, 6) is 1.01. The summed E-state index contributed by atoms with van der Waals surface area (Å²) >= 11 is 2.34. The van der Waals surface area contributed by atoms with Crippen LogP contribution in [0.15, 0.2) is 48.5 Å². The fourth-order valence-corrected chi connectivity index (χ4v) is 2.73. The highest BCUT2D eigenvalue weighted by atomic mass is 127. The van der Waals surface area contributed by atoms with Crippen LogP contribution in [-0.2, 0) is 6.54 Å². The molecule has 0 saturated carbocycles. The van der Waals surface area contributed by atoms with E-state index < -0.39 is 0 Å². The number of rotatable bonds is 2. The Kier molecular flexibility index (Phi) is 3.92. The van der Waals surface area contributed by atoms with Crippen molar-refractivity contribution in [2.45, 2.75) is 13.0 Å². The van der Waals surface area contributed by atoms with Gasteiger partial charge in [0.2, 0.25) is 0 Å². The van der Waals surface area contributed by atoms with Crippen LogP contribution in [0.25, 0.3) is 0 Å². The molecule has 0 saturated heterocycles. The van der Waals surface area contributed by atoms with Gasteiger partial charge in [-0.25, -0.2) is 0 Å². The normalized spacial score (nSPS) is 14.5. The summed E-state index contributed by atoms with van der Waals surface area (Å²) in [5.41, 5.74) is 2.55. The zero-order valence-electron chi connectivity index (χ0n) is 10.7. The number of ether oxygens (including phenoxy) is 1. The van der Waals surface area contributed by atoms with Crippen LogP contribution in [0.3, 0.4) is 0 Å². The van der Waals surface area contributed by atoms with Gasteiger partial charge >= 0.3 is 0 Å². The van der Waals surface area contributed by atoms with E-state index in [2.05, 4.69) is 70.0 Å². The van der Waals surface area contributed by atoms with Crippen LogP contribution in [0.2, 0.25) is 0 Å². The average molecular weight is 365 g/mol. The van der Waals surface area contributed by atoms with Gasteiger partial charge in [0, 0.05) is 16.7 Å². The Labute approximate surface area is 127 Å². The molecule has 3 heteroatoms. The molecule has 0 amide bonds. The second kappa shape index (κ2) is 5.82. The van der Waals surface area contributed by atoms with E-state index in [9.17, 15) is 0 Å². The number of fused-ring (bicyclic) bond motifs is 1. The summed E-state index contributed by atoms with van der Waals surface area (Å²) < 4.78 is 7.07. The van der Waals surface area contributed by atoms with Gasteiger partial charge in [0.25, 0.3) is 0 Å². The largest absolute Gasteiger partial charge is 0.491 e. The summed E-state index contributed by atoms with van der Waals surface area (Å²) in [6, 6.07) is 17.1. The van der Waals surface area contributed by atoms with Crippen molar-refractivity contribution >= 4 is 28.3 Å². The zero-order valence-corrected chi connectivity index (χ0v) is 12.8. The number of halogens is 1. The van der Waals surface area contributed by atoms with Gasteiger partial charge in [-0.2, -0.15) is 0 Å². The molecule has 1 aliphatic heterocycles. The van der Waals surface area contributed by atoms with E-state index >= 15 is 0 Å². The molecule has 0 aromatic heterocycles. The molecule has 0 spiro atoms. The Morgan fingerprint density at radius 2 is 1.84 bits per heavy atom. The van der Waals surface area contributed by atoms with Crippen molar-refractivity contribution in [1.82, 2.24) is 0 Å². The smallest absolute Gasteiger partial charge is 0.142 e. The number of hydrogen-bond acceptors (Lipinski definition) is 2. The molecule has 0 bridgehead atoms. The number of para-hydroxylation sites is 2. The van der Waals surface area contributed by atoms with E-state index in [-0.39, 0.29) is 0 Å². The van der Waals surface area contributed by atoms with Crippen LogP contribution in [0, 0.1) is 3.57 Å². The average Bonchev–Trinajstić information content (AvgIpc) is 2.64. The van der Waals surface area contributed by atoms with Gasteiger partial charge in [-0.3, -0.25) is 0 Å². The van der Waals surface area contributed by atoms with Crippen molar-refractivity contribution in [2.24, 2.45) is 0 Å². The first kappa shape index (κ1) is 12.8. The molecule has 0 fully saturated rings. The minimum Gasteiger partial charge on any atom is -0.491 e. The topological polar surface area (TPSA) is 12.5 Å². The predicted octanol–water partition coefficient (Wildman–Crippen LogP) is 4.08. The van der Waals surface area contributed by atoms with Crippen LogP contribution in [0.5, 0.6) is 5.75 Å². The van der Waals surface area contributed by atoms with E-state index in [0.717, 1.165) is 31.9 Å². The van der Waals surface area contributed by atoms with Crippen molar-refractivity contribution in [1.29, 1.82) is 0 Å². The molecule has 0 atom stereocenters. The zero-order chi connectivity index (χ0) is 13.1. The maximum Gasteiger partial charge on any atom is 0.142 e. The molecule has 2 aromatic rings. The molecule has 19 heavy (non-hydrogen) atoms. The molecule has 1 heterocycles. The third-order valence-electron chi connectivity index (χ3n) is 3.32. The number of nitrogens with zero attached hydrogens (tertiary/aromatic N) is 1. The van der Waals surface area contributed by atoms with Gasteiger partial charge in [0.15, 0.2) is 0 Å². The lowest BCUT2D eigenvalue weighted by atomic mass is 10.2. The maximum absolute atomic E-state index is 5.79. The van der Waals surface area contributed by atoms with Gasteiger partial charge in [0.05, 0.1) is 12.3 Å². The molecule has 0 aliphatic carbocycles. The maximum atomic E-state index is 5.79. The molecule has 0 N–H and O–H groups in total. The Balaban J connectivity index is 1.86. The first-order valence-electron chi connectivity index (χ1n) is 6.54. The lowest BCUT2D eigenvalue weighted by Gasteiger charge is -2.23. The van der Waals surface area contributed by atoms with Crippen molar-refractivity contribution in [2.75, 3.05) is 18.1 Å². The lowest BCUT2D eigenvalue weighted by Crippen LogP contribution is -2.23. The van der Waals surface area contributed by atoms with E-state index in [1.165, 1.54) is 14.8 Å². The predicted molar refractivity (Wildman–Crippen MR) is 86.8 cm³/mol. The third-order valence-corrected chi connectivity index (χ3v) is 4.04.